The van der Waals surface area contributed by atoms with Crippen molar-refractivity contribution in [1.82, 2.24) is 4.72 Å². The zero-order valence-corrected chi connectivity index (χ0v) is 13.6. The molecule has 0 saturated heterocycles. The van der Waals surface area contributed by atoms with Crippen molar-refractivity contribution >= 4 is 37.3 Å². The fourth-order valence-corrected chi connectivity index (χ4v) is 4.18. The molecule has 19 heavy (non-hydrogen) atoms. The standard InChI is InChI=1S/C13H14BrNO2S2/c1-2-11-6-7-12(18-11)9-15-19(16,17)13-5-3-4-10(14)8-13/h3-8,15H,2,9H2,1H3. The molecule has 0 unspecified atom stereocenters. The van der Waals surface area contributed by atoms with Gasteiger partial charge in [0, 0.05) is 20.8 Å². The summed E-state index contributed by atoms with van der Waals surface area (Å²) in [6.45, 7) is 2.42. The first-order valence-electron chi connectivity index (χ1n) is 5.84. The molecule has 3 nitrogen and oxygen atoms in total. The van der Waals surface area contributed by atoms with Gasteiger partial charge in [0.25, 0.3) is 0 Å². The predicted octanol–water partition coefficient (Wildman–Crippen LogP) is 3.55. The Labute approximate surface area is 125 Å². The average Bonchev–Trinajstić information content (AvgIpc) is 2.84. The van der Waals surface area contributed by atoms with Gasteiger partial charge in [-0.25, -0.2) is 13.1 Å². The molecular formula is C13H14BrNO2S2. The van der Waals surface area contributed by atoms with E-state index >= 15 is 0 Å². The molecule has 1 aromatic heterocycles. The van der Waals surface area contributed by atoms with Crippen molar-refractivity contribution in [3.8, 4) is 0 Å². The molecule has 0 spiro atoms. The number of thiophene rings is 1. The van der Waals surface area contributed by atoms with E-state index in [-0.39, 0.29) is 4.90 Å². The van der Waals surface area contributed by atoms with Gasteiger partial charge in [-0.1, -0.05) is 28.9 Å². The Balaban J connectivity index is 2.09. The molecule has 0 saturated carbocycles. The predicted molar refractivity (Wildman–Crippen MR) is 81.9 cm³/mol. The molecule has 102 valence electrons. The van der Waals surface area contributed by atoms with E-state index in [9.17, 15) is 8.42 Å². The minimum atomic E-state index is -3.45. The molecule has 1 heterocycles. The van der Waals surface area contributed by atoms with Gasteiger partial charge in [-0.05, 0) is 36.8 Å². The fourth-order valence-electron chi connectivity index (χ4n) is 1.59. The number of halogens is 1. The summed E-state index contributed by atoms with van der Waals surface area (Å²) in [7, 11) is -3.45. The van der Waals surface area contributed by atoms with Crippen LogP contribution in [0.4, 0.5) is 0 Å². The number of aryl methyl sites for hydroxylation is 1. The lowest BCUT2D eigenvalue weighted by Gasteiger charge is -2.05. The summed E-state index contributed by atoms with van der Waals surface area (Å²) in [5.74, 6) is 0. The van der Waals surface area contributed by atoms with Crippen molar-refractivity contribution in [2.24, 2.45) is 0 Å². The molecule has 0 aliphatic carbocycles. The Bertz CT molecular complexity index is 665. The Morgan fingerprint density at radius 1 is 1.21 bits per heavy atom. The first kappa shape index (κ1) is 14.7. The Hall–Kier alpha value is -0.690. The van der Waals surface area contributed by atoms with Crippen LogP contribution in [0.1, 0.15) is 16.7 Å². The van der Waals surface area contributed by atoms with Crippen LogP contribution in [0, 0.1) is 0 Å². The van der Waals surface area contributed by atoms with Crippen LogP contribution < -0.4 is 4.72 Å². The van der Waals surface area contributed by atoms with Crippen molar-refractivity contribution in [2.45, 2.75) is 24.8 Å². The minimum Gasteiger partial charge on any atom is -0.207 e. The second kappa shape index (κ2) is 6.17. The number of benzene rings is 1. The van der Waals surface area contributed by atoms with E-state index in [0.29, 0.717) is 6.54 Å². The second-order valence-corrected chi connectivity index (χ2v) is 7.94. The van der Waals surface area contributed by atoms with Gasteiger partial charge in [0.15, 0.2) is 0 Å². The van der Waals surface area contributed by atoms with Gasteiger partial charge in [-0.3, -0.25) is 0 Å². The van der Waals surface area contributed by atoms with Gasteiger partial charge < -0.3 is 0 Å². The van der Waals surface area contributed by atoms with Crippen molar-refractivity contribution < 1.29 is 8.42 Å². The maximum Gasteiger partial charge on any atom is 0.240 e. The van der Waals surface area contributed by atoms with Crippen LogP contribution in [0.5, 0.6) is 0 Å². The van der Waals surface area contributed by atoms with Crippen LogP contribution in [0.3, 0.4) is 0 Å². The Morgan fingerprint density at radius 3 is 2.58 bits per heavy atom. The highest BCUT2D eigenvalue weighted by molar-refractivity contribution is 9.10. The van der Waals surface area contributed by atoms with Crippen LogP contribution >= 0.6 is 27.3 Å². The molecule has 1 N–H and O–H groups in total. The zero-order chi connectivity index (χ0) is 13.9. The molecule has 0 fully saturated rings. The molecule has 0 aliphatic heterocycles. The van der Waals surface area contributed by atoms with Gasteiger partial charge in [-0.2, -0.15) is 0 Å². The lowest BCUT2D eigenvalue weighted by Crippen LogP contribution is -2.22. The smallest absolute Gasteiger partial charge is 0.207 e. The number of sulfonamides is 1. The quantitative estimate of drug-likeness (QED) is 0.886. The zero-order valence-electron chi connectivity index (χ0n) is 10.4. The molecule has 6 heteroatoms. The lowest BCUT2D eigenvalue weighted by molar-refractivity contribution is 0.582. The molecule has 1 aromatic carbocycles. The van der Waals surface area contributed by atoms with Crippen LogP contribution in [-0.4, -0.2) is 8.42 Å². The molecular weight excluding hydrogens is 346 g/mol. The number of rotatable bonds is 5. The molecule has 0 aliphatic rings. The molecule has 0 atom stereocenters. The van der Waals surface area contributed by atoms with Gasteiger partial charge in [0.2, 0.25) is 10.0 Å². The third kappa shape index (κ3) is 3.89. The molecule has 0 bridgehead atoms. The van der Waals surface area contributed by atoms with Crippen molar-refractivity contribution in [3.63, 3.8) is 0 Å². The lowest BCUT2D eigenvalue weighted by atomic mass is 10.4. The van der Waals surface area contributed by atoms with E-state index in [1.54, 1.807) is 35.6 Å². The third-order valence-corrected chi connectivity index (χ3v) is 5.73. The van der Waals surface area contributed by atoms with Gasteiger partial charge in [-0.15, -0.1) is 11.3 Å². The van der Waals surface area contributed by atoms with Crippen LogP contribution in [0.15, 0.2) is 45.8 Å². The highest BCUT2D eigenvalue weighted by Crippen LogP contribution is 2.19. The summed E-state index contributed by atoms with van der Waals surface area (Å²) in [4.78, 5) is 2.56. The molecule has 2 rings (SSSR count). The summed E-state index contributed by atoms with van der Waals surface area (Å²) < 4.78 is 27.6. The Kier molecular flexibility index (Phi) is 4.78. The van der Waals surface area contributed by atoms with Gasteiger partial charge in [0.1, 0.15) is 0 Å². The van der Waals surface area contributed by atoms with E-state index in [0.717, 1.165) is 15.8 Å². The van der Waals surface area contributed by atoms with Crippen molar-refractivity contribution in [3.05, 3.63) is 50.6 Å². The van der Waals surface area contributed by atoms with E-state index in [4.69, 9.17) is 0 Å². The van der Waals surface area contributed by atoms with Crippen LogP contribution in [-0.2, 0) is 23.0 Å². The number of nitrogens with one attached hydrogen (secondary N) is 1. The van der Waals surface area contributed by atoms with Crippen LogP contribution in [0.2, 0.25) is 0 Å². The van der Waals surface area contributed by atoms with Gasteiger partial charge >= 0.3 is 0 Å². The SMILES string of the molecule is CCc1ccc(CNS(=O)(=O)c2cccc(Br)c2)s1. The van der Waals surface area contributed by atoms with E-state index in [1.165, 1.54) is 4.88 Å². The third-order valence-electron chi connectivity index (χ3n) is 2.61. The average molecular weight is 360 g/mol. The summed E-state index contributed by atoms with van der Waals surface area (Å²) in [6.07, 6.45) is 0.975. The maximum absolute atomic E-state index is 12.1. The topological polar surface area (TPSA) is 46.2 Å². The van der Waals surface area contributed by atoms with E-state index < -0.39 is 10.0 Å². The van der Waals surface area contributed by atoms with E-state index in [2.05, 4.69) is 27.6 Å². The first-order chi connectivity index (χ1) is 9.01. The van der Waals surface area contributed by atoms with Gasteiger partial charge in [0.05, 0.1) is 4.90 Å². The molecule has 0 radical (unpaired) electrons. The minimum absolute atomic E-state index is 0.272. The largest absolute Gasteiger partial charge is 0.240 e. The number of hydrogen-bond donors (Lipinski definition) is 1. The number of hydrogen-bond acceptors (Lipinski definition) is 3. The normalized spacial score (nSPS) is 11.7. The molecule has 2 aromatic rings. The monoisotopic (exact) mass is 359 g/mol. The summed E-state index contributed by atoms with van der Waals surface area (Å²) in [5, 5.41) is 0. The molecule has 0 amide bonds. The van der Waals surface area contributed by atoms with Crippen LogP contribution in [0.25, 0.3) is 0 Å². The summed E-state index contributed by atoms with van der Waals surface area (Å²) >= 11 is 4.91. The summed E-state index contributed by atoms with van der Waals surface area (Å²) in [5.41, 5.74) is 0. The highest BCUT2D eigenvalue weighted by Gasteiger charge is 2.14. The van der Waals surface area contributed by atoms with Crippen molar-refractivity contribution in [1.29, 1.82) is 0 Å². The van der Waals surface area contributed by atoms with Crippen molar-refractivity contribution in [2.75, 3.05) is 0 Å². The fraction of sp³-hybridized carbons (Fsp3) is 0.231. The highest BCUT2D eigenvalue weighted by atomic mass is 79.9. The Morgan fingerprint density at radius 2 is 1.95 bits per heavy atom. The maximum atomic E-state index is 12.1. The van der Waals surface area contributed by atoms with E-state index in [1.807, 2.05) is 12.1 Å². The second-order valence-electron chi connectivity index (χ2n) is 4.00. The summed E-state index contributed by atoms with van der Waals surface area (Å²) in [6, 6.07) is 10.7. The first-order valence-corrected chi connectivity index (χ1v) is 8.93.